The molecule has 1 N–H and O–H groups in total. The van der Waals surface area contributed by atoms with Crippen LogP contribution in [0.5, 0.6) is 0 Å². The molecule has 0 aromatic rings. The number of likely N-dealkylation sites (N-methyl/N-ethyl adjacent to an activating group) is 1. The highest BCUT2D eigenvalue weighted by atomic mass is 16.5. The summed E-state index contributed by atoms with van der Waals surface area (Å²) in [6.45, 7) is 6.79. The predicted molar refractivity (Wildman–Crippen MR) is 57.2 cm³/mol. The SMILES string of the molecule is CC(CN(C)C)NC(=O)COC(C)C. The minimum atomic E-state index is -0.0481. The zero-order valence-corrected chi connectivity index (χ0v) is 9.83. The van der Waals surface area contributed by atoms with E-state index in [1.807, 2.05) is 39.8 Å². The third-order valence-electron chi connectivity index (χ3n) is 1.59. The molecule has 4 heteroatoms. The number of hydrogen-bond acceptors (Lipinski definition) is 3. The van der Waals surface area contributed by atoms with Crippen LogP contribution in [0.3, 0.4) is 0 Å². The van der Waals surface area contributed by atoms with Gasteiger partial charge in [-0.15, -0.1) is 0 Å². The Hall–Kier alpha value is -0.610. The number of carbonyl (C=O) groups is 1. The van der Waals surface area contributed by atoms with Crippen molar-refractivity contribution in [3.63, 3.8) is 0 Å². The molecule has 1 unspecified atom stereocenters. The maximum atomic E-state index is 11.3. The lowest BCUT2D eigenvalue weighted by Crippen LogP contribution is -2.41. The molecule has 1 amide bonds. The van der Waals surface area contributed by atoms with Crippen LogP contribution in [0.25, 0.3) is 0 Å². The van der Waals surface area contributed by atoms with Crippen molar-refractivity contribution in [2.24, 2.45) is 0 Å². The van der Waals surface area contributed by atoms with E-state index in [0.717, 1.165) is 6.54 Å². The molecule has 0 fully saturated rings. The van der Waals surface area contributed by atoms with Gasteiger partial charge in [0, 0.05) is 12.6 Å². The quantitative estimate of drug-likeness (QED) is 0.681. The predicted octanol–water partition coefficient (Wildman–Crippen LogP) is 0.478. The summed E-state index contributed by atoms with van der Waals surface area (Å²) in [6.07, 6.45) is 0.102. The van der Waals surface area contributed by atoms with E-state index in [4.69, 9.17) is 4.74 Å². The highest BCUT2D eigenvalue weighted by molar-refractivity contribution is 5.77. The molecule has 0 aliphatic heterocycles. The van der Waals surface area contributed by atoms with E-state index in [2.05, 4.69) is 5.32 Å². The number of nitrogens with one attached hydrogen (secondary N) is 1. The van der Waals surface area contributed by atoms with Crippen molar-refractivity contribution >= 4 is 5.91 Å². The van der Waals surface area contributed by atoms with Crippen LogP contribution in [-0.4, -0.2) is 50.2 Å². The van der Waals surface area contributed by atoms with Crippen LogP contribution in [0.15, 0.2) is 0 Å². The molecule has 0 aromatic carbocycles. The van der Waals surface area contributed by atoms with E-state index in [0.29, 0.717) is 0 Å². The van der Waals surface area contributed by atoms with Crippen LogP contribution in [0.2, 0.25) is 0 Å². The molecule has 0 spiro atoms. The van der Waals surface area contributed by atoms with E-state index < -0.39 is 0 Å². The van der Waals surface area contributed by atoms with Crippen LogP contribution in [-0.2, 0) is 9.53 Å². The van der Waals surface area contributed by atoms with Gasteiger partial charge in [-0.25, -0.2) is 0 Å². The Morgan fingerprint density at radius 2 is 1.93 bits per heavy atom. The average Bonchev–Trinajstić information content (AvgIpc) is 1.98. The molecule has 0 saturated heterocycles. The van der Waals surface area contributed by atoms with E-state index in [1.165, 1.54) is 0 Å². The average molecular weight is 202 g/mol. The third-order valence-corrected chi connectivity index (χ3v) is 1.59. The Balaban J connectivity index is 3.60. The fraction of sp³-hybridized carbons (Fsp3) is 0.900. The molecule has 0 radical (unpaired) electrons. The Kier molecular flexibility index (Phi) is 6.49. The number of ether oxygens (including phenoxy) is 1. The molecule has 0 aromatic heterocycles. The summed E-state index contributed by atoms with van der Waals surface area (Å²) in [5.41, 5.74) is 0. The highest BCUT2D eigenvalue weighted by Gasteiger charge is 2.08. The van der Waals surface area contributed by atoms with E-state index in [9.17, 15) is 4.79 Å². The summed E-state index contributed by atoms with van der Waals surface area (Å²) in [6, 6.07) is 0.160. The Morgan fingerprint density at radius 1 is 1.36 bits per heavy atom. The van der Waals surface area contributed by atoms with Gasteiger partial charge in [0.05, 0.1) is 6.10 Å². The van der Waals surface area contributed by atoms with E-state index >= 15 is 0 Å². The molecular formula is C10H22N2O2. The third kappa shape index (κ3) is 8.01. The maximum Gasteiger partial charge on any atom is 0.246 e. The maximum absolute atomic E-state index is 11.3. The first-order valence-corrected chi connectivity index (χ1v) is 4.97. The first-order valence-electron chi connectivity index (χ1n) is 4.97. The minimum absolute atomic E-state index is 0.0481. The van der Waals surface area contributed by atoms with Gasteiger partial charge >= 0.3 is 0 Å². The zero-order valence-electron chi connectivity index (χ0n) is 9.83. The smallest absolute Gasteiger partial charge is 0.246 e. The van der Waals surface area contributed by atoms with E-state index in [-0.39, 0.29) is 24.7 Å². The molecule has 0 bridgehead atoms. The van der Waals surface area contributed by atoms with Crippen molar-refractivity contribution in [3.05, 3.63) is 0 Å². The van der Waals surface area contributed by atoms with Crippen molar-refractivity contribution in [1.82, 2.24) is 10.2 Å². The van der Waals surface area contributed by atoms with Gasteiger partial charge in [0.2, 0.25) is 5.91 Å². The summed E-state index contributed by atoms with van der Waals surface area (Å²) >= 11 is 0. The second-order valence-corrected chi connectivity index (χ2v) is 4.09. The van der Waals surface area contributed by atoms with E-state index in [1.54, 1.807) is 0 Å². The van der Waals surface area contributed by atoms with Gasteiger partial charge < -0.3 is 15.0 Å². The first kappa shape index (κ1) is 13.4. The van der Waals surface area contributed by atoms with Crippen LogP contribution < -0.4 is 5.32 Å². The number of amides is 1. The van der Waals surface area contributed by atoms with Crippen LogP contribution >= 0.6 is 0 Å². The van der Waals surface area contributed by atoms with Crippen LogP contribution in [0.1, 0.15) is 20.8 Å². The monoisotopic (exact) mass is 202 g/mol. The number of carbonyl (C=O) groups excluding carboxylic acids is 1. The number of nitrogens with zero attached hydrogens (tertiary/aromatic N) is 1. The van der Waals surface area contributed by atoms with Crippen molar-refractivity contribution in [3.8, 4) is 0 Å². The van der Waals surface area contributed by atoms with Gasteiger partial charge in [0.25, 0.3) is 0 Å². The topological polar surface area (TPSA) is 41.6 Å². The first-order chi connectivity index (χ1) is 6.41. The fourth-order valence-corrected chi connectivity index (χ4v) is 1.15. The van der Waals surface area contributed by atoms with Crippen LogP contribution in [0, 0.1) is 0 Å². The van der Waals surface area contributed by atoms with Crippen molar-refractivity contribution in [2.75, 3.05) is 27.2 Å². The van der Waals surface area contributed by atoms with Gasteiger partial charge in [-0.1, -0.05) is 0 Å². The second kappa shape index (κ2) is 6.79. The molecule has 4 nitrogen and oxygen atoms in total. The van der Waals surface area contributed by atoms with Crippen LogP contribution in [0.4, 0.5) is 0 Å². The Morgan fingerprint density at radius 3 is 2.36 bits per heavy atom. The molecular weight excluding hydrogens is 180 g/mol. The molecule has 14 heavy (non-hydrogen) atoms. The Bertz CT molecular complexity index is 170. The molecule has 0 aliphatic rings. The number of hydrogen-bond donors (Lipinski definition) is 1. The molecule has 0 aliphatic carbocycles. The second-order valence-electron chi connectivity index (χ2n) is 4.09. The fourth-order valence-electron chi connectivity index (χ4n) is 1.15. The molecule has 0 rings (SSSR count). The molecule has 84 valence electrons. The molecule has 1 atom stereocenters. The van der Waals surface area contributed by atoms with Crippen molar-refractivity contribution in [2.45, 2.75) is 32.9 Å². The standard InChI is InChI=1S/C10H22N2O2/c1-8(2)14-7-10(13)11-9(3)6-12(4)5/h8-9H,6-7H2,1-5H3,(H,11,13). The number of rotatable bonds is 6. The lowest BCUT2D eigenvalue weighted by atomic mass is 10.3. The van der Waals surface area contributed by atoms with Crippen molar-refractivity contribution in [1.29, 1.82) is 0 Å². The van der Waals surface area contributed by atoms with Gasteiger partial charge in [-0.3, -0.25) is 4.79 Å². The van der Waals surface area contributed by atoms with Gasteiger partial charge in [0.15, 0.2) is 0 Å². The highest BCUT2D eigenvalue weighted by Crippen LogP contribution is 1.89. The van der Waals surface area contributed by atoms with Gasteiger partial charge in [-0.05, 0) is 34.9 Å². The zero-order chi connectivity index (χ0) is 11.1. The van der Waals surface area contributed by atoms with Gasteiger partial charge in [0.1, 0.15) is 6.61 Å². The summed E-state index contributed by atoms with van der Waals surface area (Å²) in [4.78, 5) is 13.3. The normalized spacial score (nSPS) is 13.4. The summed E-state index contributed by atoms with van der Waals surface area (Å²) in [7, 11) is 3.96. The summed E-state index contributed by atoms with van der Waals surface area (Å²) in [5.74, 6) is -0.0481. The minimum Gasteiger partial charge on any atom is -0.369 e. The lowest BCUT2D eigenvalue weighted by molar-refractivity contribution is -0.127. The molecule has 0 heterocycles. The Labute approximate surface area is 86.6 Å². The summed E-state index contributed by atoms with van der Waals surface area (Å²) in [5, 5.41) is 2.86. The lowest BCUT2D eigenvalue weighted by Gasteiger charge is -2.18. The van der Waals surface area contributed by atoms with Gasteiger partial charge in [-0.2, -0.15) is 0 Å². The van der Waals surface area contributed by atoms with Crippen molar-refractivity contribution < 1.29 is 9.53 Å². The summed E-state index contributed by atoms with van der Waals surface area (Å²) < 4.78 is 5.18. The molecule has 0 saturated carbocycles. The largest absolute Gasteiger partial charge is 0.369 e.